The van der Waals surface area contributed by atoms with Gasteiger partial charge < -0.3 is 5.11 Å². The lowest BCUT2D eigenvalue weighted by atomic mass is 10.0. The summed E-state index contributed by atoms with van der Waals surface area (Å²) in [7, 11) is 0. The summed E-state index contributed by atoms with van der Waals surface area (Å²) in [4.78, 5) is 10.7. The van der Waals surface area contributed by atoms with Crippen LogP contribution in [-0.4, -0.2) is 11.1 Å². The normalized spacial score (nSPS) is 9.95. The Kier molecular flexibility index (Phi) is 10.3. The number of carbonyl (C=O) groups is 1. The third-order valence-electron chi connectivity index (χ3n) is 3.27. The van der Waals surface area contributed by atoms with Gasteiger partial charge in [-0.2, -0.15) is 0 Å². The zero-order chi connectivity index (χ0) is 13.2. The maximum Gasteiger partial charge on any atom is 0.335 e. The number of aromatic carboxylic acids is 1. The number of hydrogen-bond donors (Lipinski definition) is 1. The van der Waals surface area contributed by atoms with Crippen LogP contribution in [0, 0.1) is 0 Å². The molecule has 0 radical (unpaired) electrons. The minimum absolute atomic E-state index is 0. The van der Waals surface area contributed by atoms with Crippen molar-refractivity contribution in [3.8, 4) is 0 Å². The van der Waals surface area contributed by atoms with E-state index in [9.17, 15) is 4.79 Å². The van der Waals surface area contributed by atoms with E-state index < -0.39 is 5.97 Å². The van der Waals surface area contributed by atoms with Crippen molar-refractivity contribution >= 4 is 18.4 Å². The molecule has 1 aromatic rings. The van der Waals surface area contributed by atoms with Gasteiger partial charge >= 0.3 is 5.97 Å². The molecule has 2 nitrogen and oxygen atoms in total. The largest absolute Gasteiger partial charge is 0.478 e. The van der Waals surface area contributed by atoms with Crippen molar-refractivity contribution in [1.82, 2.24) is 0 Å². The van der Waals surface area contributed by atoms with Gasteiger partial charge in [0.15, 0.2) is 0 Å². The predicted molar refractivity (Wildman–Crippen MR) is 82.3 cm³/mol. The maximum absolute atomic E-state index is 10.7. The van der Waals surface area contributed by atoms with Crippen LogP contribution in [0.15, 0.2) is 24.3 Å². The summed E-state index contributed by atoms with van der Waals surface area (Å²) in [6.45, 7) is 2.24. The van der Waals surface area contributed by atoms with E-state index in [1.807, 2.05) is 12.1 Å². The molecular weight excluding hydrogens is 260 g/mol. The van der Waals surface area contributed by atoms with Gasteiger partial charge in [0.25, 0.3) is 0 Å². The van der Waals surface area contributed by atoms with Crippen LogP contribution in [0.4, 0.5) is 0 Å². The molecule has 0 saturated heterocycles. The number of benzene rings is 1. The molecule has 19 heavy (non-hydrogen) atoms. The first-order valence-electron chi connectivity index (χ1n) is 7.06. The Morgan fingerprint density at radius 3 is 2.00 bits per heavy atom. The van der Waals surface area contributed by atoms with Gasteiger partial charge in [0.05, 0.1) is 5.56 Å². The van der Waals surface area contributed by atoms with Crippen molar-refractivity contribution in [1.29, 1.82) is 0 Å². The summed E-state index contributed by atoms with van der Waals surface area (Å²) in [6.07, 6.45) is 10.3. The number of halogens is 1. The molecule has 0 heterocycles. The summed E-state index contributed by atoms with van der Waals surface area (Å²) in [5.41, 5.74) is 1.62. The average molecular weight is 285 g/mol. The second-order valence-electron chi connectivity index (χ2n) is 4.87. The van der Waals surface area contributed by atoms with Gasteiger partial charge in [-0.15, -0.1) is 12.4 Å². The lowest BCUT2D eigenvalue weighted by Crippen LogP contribution is -1.96. The molecular formula is C16H25ClO2. The molecule has 0 atom stereocenters. The van der Waals surface area contributed by atoms with E-state index in [0.717, 1.165) is 6.42 Å². The third-order valence-corrected chi connectivity index (χ3v) is 3.27. The molecule has 3 heteroatoms. The van der Waals surface area contributed by atoms with E-state index in [-0.39, 0.29) is 12.4 Å². The molecule has 1 N–H and O–H groups in total. The molecule has 0 aliphatic carbocycles. The molecule has 1 rings (SSSR count). The van der Waals surface area contributed by atoms with Crippen LogP contribution in [0.5, 0.6) is 0 Å². The molecule has 0 aliphatic heterocycles. The zero-order valence-corrected chi connectivity index (χ0v) is 12.5. The Labute approximate surface area is 122 Å². The Balaban J connectivity index is 0.00000324. The van der Waals surface area contributed by atoms with Gasteiger partial charge in [-0.25, -0.2) is 4.79 Å². The smallest absolute Gasteiger partial charge is 0.335 e. The van der Waals surface area contributed by atoms with E-state index in [0.29, 0.717) is 5.56 Å². The first-order chi connectivity index (χ1) is 8.74. The Morgan fingerprint density at radius 1 is 0.947 bits per heavy atom. The van der Waals surface area contributed by atoms with Crippen LogP contribution in [0.2, 0.25) is 0 Å². The molecule has 0 saturated carbocycles. The molecule has 0 spiro atoms. The summed E-state index contributed by atoms with van der Waals surface area (Å²) < 4.78 is 0. The van der Waals surface area contributed by atoms with Gasteiger partial charge in [0.2, 0.25) is 0 Å². The highest BCUT2D eigenvalue weighted by atomic mass is 35.5. The Hall–Kier alpha value is -1.02. The predicted octanol–water partition coefficient (Wildman–Crippen LogP) is 5.10. The van der Waals surface area contributed by atoms with Gasteiger partial charge in [-0.3, -0.25) is 0 Å². The molecule has 0 fully saturated rings. The highest BCUT2D eigenvalue weighted by molar-refractivity contribution is 5.87. The van der Waals surface area contributed by atoms with Crippen LogP contribution in [0.3, 0.4) is 0 Å². The van der Waals surface area contributed by atoms with E-state index in [4.69, 9.17) is 5.11 Å². The van der Waals surface area contributed by atoms with Gasteiger partial charge in [0, 0.05) is 0 Å². The zero-order valence-electron chi connectivity index (χ0n) is 11.7. The van der Waals surface area contributed by atoms with E-state index in [1.54, 1.807) is 12.1 Å². The molecule has 0 amide bonds. The average Bonchev–Trinajstić information content (AvgIpc) is 2.38. The van der Waals surface area contributed by atoms with Crippen molar-refractivity contribution in [3.63, 3.8) is 0 Å². The Morgan fingerprint density at radius 2 is 1.47 bits per heavy atom. The minimum atomic E-state index is -0.850. The quantitative estimate of drug-likeness (QED) is 0.641. The van der Waals surface area contributed by atoms with Crippen molar-refractivity contribution in [2.45, 2.75) is 58.3 Å². The number of hydrogen-bond acceptors (Lipinski definition) is 1. The van der Waals surface area contributed by atoms with Crippen LogP contribution < -0.4 is 0 Å². The first kappa shape index (κ1) is 18.0. The fourth-order valence-electron chi connectivity index (χ4n) is 2.10. The SMILES string of the molecule is CCCCCCCCCc1ccc(C(=O)O)cc1.Cl. The number of aryl methyl sites for hydroxylation is 1. The summed E-state index contributed by atoms with van der Waals surface area (Å²) in [5, 5.41) is 8.79. The van der Waals surface area contributed by atoms with Crippen LogP contribution in [0.1, 0.15) is 67.8 Å². The van der Waals surface area contributed by atoms with Crippen LogP contribution in [0.25, 0.3) is 0 Å². The third kappa shape index (κ3) is 7.89. The second-order valence-corrected chi connectivity index (χ2v) is 4.87. The molecule has 108 valence electrons. The fraction of sp³-hybridized carbons (Fsp3) is 0.562. The van der Waals surface area contributed by atoms with Crippen LogP contribution in [-0.2, 0) is 6.42 Å². The van der Waals surface area contributed by atoms with Crippen molar-refractivity contribution in [2.75, 3.05) is 0 Å². The second kappa shape index (κ2) is 10.9. The standard InChI is InChI=1S/C16H24O2.ClH/c1-2-3-4-5-6-7-8-9-14-10-12-15(13-11-14)16(17)18;/h10-13H,2-9H2,1H3,(H,17,18);1H. The molecule has 0 aromatic heterocycles. The van der Waals surface area contributed by atoms with Gasteiger partial charge in [0.1, 0.15) is 0 Å². The van der Waals surface area contributed by atoms with Gasteiger partial charge in [-0.05, 0) is 30.5 Å². The topological polar surface area (TPSA) is 37.3 Å². The number of rotatable bonds is 9. The lowest BCUT2D eigenvalue weighted by Gasteiger charge is -2.03. The van der Waals surface area contributed by atoms with Crippen LogP contribution >= 0.6 is 12.4 Å². The molecule has 0 unspecified atom stereocenters. The highest BCUT2D eigenvalue weighted by Gasteiger charge is 2.01. The first-order valence-corrected chi connectivity index (χ1v) is 7.06. The lowest BCUT2D eigenvalue weighted by molar-refractivity contribution is 0.0697. The number of carboxylic acids is 1. The summed E-state index contributed by atoms with van der Waals surface area (Å²) in [5.74, 6) is -0.850. The van der Waals surface area contributed by atoms with Crippen molar-refractivity contribution < 1.29 is 9.90 Å². The Bertz CT molecular complexity index is 346. The molecule has 1 aromatic carbocycles. The van der Waals surface area contributed by atoms with Crippen molar-refractivity contribution in [2.24, 2.45) is 0 Å². The van der Waals surface area contributed by atoms with Gasteiger partial charge in [-0.1, -0.05) is 57.6 Å². The monoisotopic (exact) mass is 284 g/mol. The maximum atomic E-state index is 10.7. The van der Waals surface area contributed by atoms with E-state index in [1.165, 1.54) is 50.5 Å². The minimum Gasteiger partial charge on any atom is -0.478 e. The number of unbranched alkanes of at least 4 members (excludes halogenated alkanes) is 6. The molecule has 0 bridgehead atoms. The van der Waals surface area contributed by atoms with Crippen molar-refractivity contribution in [3.05, 3.63) is 35.4 Å². The summed E-state index contributed by atoms with van der Waals surface area (Å²) in [6, 6.07) is 7.25. The molecule has 0 aliphatic rings. The number of carboxylic acid groups (broad SMARTS) is 1. The summed E-state index contributed by atoms with van der Waals surface area (Å²) >= 11 is 0. The van der Waals surface area contributed by atoms with E-state index in [2.05, 4.69) is 6.92 Å². The van der Waals surface area contributed by atoms with E-state index >= 15 is 0 Å². The highest BCUT2D eigenvalue weighted by Crippen LogP contribution is 2.11. The fourth-order valence-corrected chi connectivity index (χ4v) is 2.10.